The number of hydrogen-bond donors (Lipinski definition) is 1. The Morgan fingerprint density at radius 1 is 1.65 bits per heavy atom. The van der Waals surface area contributed by atoms with Gasteiger partial charge in [-0.1, -0.05) is 0 Å². The van der Waals surface area contributed by atoms with Gasteiger partial charge in [-0.25, -0.2) is 4.98 Å². The molecule has 2 rings (SSSR count). The van der Waals surface area contributed by atoms with Crippen molar-refractivity contribution in [3.05, 3.63) is 27.9 Å². The van der Waals surface area contributed by atoms with Gasteiger partial charge in [0.1, 0.15) is 23.6 Å². The minimum Gasteiger partial charge on any atom is -0.351 e. The molecule has 2 unspecified atom stereocenters. The third-order valence-electron chi connectivity index (χ3n) is 3.61. The van der Waals surface area contributed by atoms with Crippen molar-refractivity contribution in [1.82, 2.24) is 4.98 Å². The van der Waals surface area contributed by atoms with Crippen LogP contribution in [0.4, 0.5) is 11.5 Å². The Hall–Kier alpha value is -2.20. The first-order chi connectivity index (χ1) is 9.54. The van der Waals surface area contributed by atoms with Gasteiger partial charge in [0, 0.05) is 24.7 Å². The Bertz CT molecular complexity index is 552. The number of nitrogens with zero attached hydrogens (tertiary/aromatic N) is 4. The van der Waals surface area contributed by atoms with Crippen molar-refractivity contribution >= 4 is 11.5 Å². The van der Waals surface area contributed by atoms with Crippen LogP contribution in [0, 0.1) is 21.4 Å². The van der Waals surface area contributed by atoms with E-state index in [-0.39, 0.29) is 23.3 Å². The summed E-state index contributed by atoms with van der Waals surface area (Å²) in [6.45, 7) is 2.70. The van der Waals surface area contributed by atoms with E-state index in [0.717, 1.165) is 25.8 Å². The van der Waals surface area contributed by atoms with E-state index in [1.165, 1.54) is 12.3 Å². The molecule has 0 spiro atoms. The maximum atomic E-state index is 10.8. The molecule has 0 saturated carbocycles. The Morgan fingerprint density at radius 2 is 2.40 bits per heavy atom. The molecule has 7 nitrogen and oxygen atoms in total. The molecule has 0 bridgehead atoms. The van der Waals surface area contributed by atoms with E-state index in [2.05, 4.69) is 4.98 Å². The highest BCUT2D eigenvalue weighted by atomic mass is 16.6. The van der Waals surface area contributed by atoms with Crippen LogP contribution in [0.2, 0.25) is 0 Å². The highest BCUT2D eigenvalue weighted by Crippen LogP contribution is 2.28. The molecule has 2 atom stereocenters. The predicted octanol–water partition coefficient (Wildman–Crippen LogP) is 1.57. The Labute approximate surface area is 117 Å². The van der Waals surface area contributed by atoms with Crippen molar-refractivity contribution in [3.8, 4) is 6.07 Å². The average Bonchev–Trinajstić information content (AvgIpc) is 2.46. The number of nitrogens with two attached hydrogens (primary N) is 1. The monoisotopic (exact) mass is 275 g/mol. The van der Waals surface area contributed by atoms with Gasteiger partial charge in [0.05, 0.1) is 4.92 Å². The highest BCUT2D eigenvalue weighted by Gasteiger charge is 2.28. The maximum absolute atomic E-state index is 10.8. The van der Waals surface area contributed by atoms with Gasteiger partial charge in [0.25, 0.3) is 5.69 Å². The van der Waals surface area contributed by atoms with E-state index in [1.54, 1.807) is 0 Å². The molecule has 0 aliphatic carbocycles. The SMILES string of the molecule is CC(N)C1CCCCN1c1ncc([N+](=O)[O-])cc1C#N. The second kappa shape index (κ2) is 5.84. The number of piperidine rings is 1. The molecule has 0 aromatic carbocycles. The molecular weight excluding hydrogens is 258 g/mol. The molecule has 0 radical (unpaired) electrons. The molecule has 0 amide bonds. The summed E-state index contributed by atoms with van der Waals surface area (Å²) in [4.78, 5) is 16.4. The molecule has 1 aliphatic rings. The smallest absolute Gasteiger partial charge is 0.289 e. The lowest BCUT2D eigenvalue weighted by Gasteiger charge is -2.39. The van der Waals surface area contributed by atoms with E-state index in [0.29, 0.717) is 5.82 Å². The van der Waals surface area contributed by atoms with E-state index >= 15 is 0 Å². The molecule has 106 valence electrons. The summed E-state index contributed by atoms with van der Waals surface area (Å²) >= 11 is 0. The number of rotatable bonds is 3. The van der Waals surface area contributed by atoms with Crippen molar-refractivity contribution in [2.45, 2.75) is 38.3 Å². The number of anilines is 1. The fourth-order valence-electron chi connectivity index (χ4n) is 2.62. The van der Waals surface area contributed by atoms with Crippen molar-refractivity contribution < 1.29 is 4.92 Å². The lowest BCUT2D eigenvalue weighted by molar-refractivity contribution is -0.385. The molecule has 1 aromatic heterocycles. The van der Waals surface area contributed by atoms with Crippen LogP contribution in [-0.2, 0) is 0 Å². The summed E-state index contributed by atoms with van der Waals surface area (Å²) in [5.74, 6) is 0.500. The Kier molecular flexibility index (Phi) is 4.15. The second-order valence-corrected chi connectivity index (χ2v) is 5.05. The number of pyridine rings is 1. The van der Waals surface area contributed by atoms with Crippen molar-refractivity contribution in [2.75, 3.05) is 11.4 Å². The van der Waals surface area contributed by atoms with Crippen LogP contribution in [0.15, 0.2) is 12.3 Å². The fourth-order valence-corrected chi connectivity index (χ4v) is 2.62. The average molecular weight is 275 g/mol. The summed E-state index contributed by atoms with van der Waals surface area (Å²) in [6, 6.07) is 3.34. The van der Waals surface area contributed by atoms with Gasteiger partial charge < -0.3 is 10.6 Å². The largest absolute Gasteiger partial charge is 0.351 e. The van der Waals surface area contributed by atoms with Crippen LogP contribution in [0.3, 0.4) is 0 Å². The van der Waals surface area contributed by atoms with E-state index in [4.69, 9.17) is 5.73 Å². The molecule has 7 heteroatoms. The van der Waals surface area contributed by atoms with Gasteiger partial charge >= 0.3 is 0 Å². The summed E-state index contributed by atoms with van der Waals surface area (Å²) in [5.41, 5.74) is 6.07. The topological polar surface area (TPSA) is 109 Å². The number of aromatic nitrogens is 1. The Morgan fingerprint density at radius 3 is 3.00 bits per heavy atom. The maximum Gasteiger partial charge on any atom is 0.289 e. The van der Waals surface area contributed by atoms with Gasteiger partial charge in [-0.2, -0.15) is 5.26 Å². The summed E-state index contributed by atoms with van der Waals surface area (Å²) in [6.07, 6.45) is 4.24. The lowest BCUT2D eigenvalue weighted by atomic mass is 9.96. The summed E-state index contributed by atoms with van der Waals surface area (Å²) in [5, 5.41) is 20.0. The summed E-state index contributed by atoms with van der Waals surface area (Å²) in [7, 11) is 0. The minimum absolute atomic E-state index is 0.0427. The van der Waals surface area contributed by atoms with Gasteiger partial charge in [0.2, 0.25) is 0 Å². The van der Waals surface area contributed by atoms with Crippen LogP contribution in [0.25, 0.3) is 0 Å². The van der Waals surface area contributed by atoms with Crippen LogP contribution in [0.1, 0.15) is 31.7 Å². The molecular formula is C13H17N5O2. The van der Waals surface area contributed by atoms with E-state index < -0.39 is 4.92 Å². The zero-order chi connectivity index (χ0) is 14.7. The fraction of sp³-hybridized carbons (Fsp3) is 0.538. The lowest BCUT2D eigenvalue weighted by Crippen LogP contribution is -2.49. The predicted molar refractivity (Wildman–Crippen MR) is 74.2 cm³/mol. The van der Waals surface area contributed by atoms with Gasteiger partial charge in [-0.15, -0.1) is 0 Å². The highest BCUT2D eigenvalue weighted by molar-refractivity contribution is 5.58. The molecule has 1 aromatic rings. The Balaban J connectivity index is 2.40. The molecule has 2 N–H and O–H groups in total. The third kappa shape index (κ3) is 2.70. The number of nitro groups is 1. The summed E-state index contributed by atoms with van der Waals surface area (Å²) < 4.78 is 0. The standard InChI is InChI=1S/C13H17N5O2/c1-9(15)12-4-2-3-5-17(12)13-10(7-14)6-11(8-16-13)18(19)20/h6,8-9,12H,2-5,15H2,1H3. The first-order valence-corrected chi connectivity index (χ1v) is 6.61. The zero-order valence-corrected chi connectivity index (χ0v) is 11.3. The first-order valence-electron chi connectivity index (χ1n) is 6.61. The molecule has 1 aliphatic heterocycles. The minimum atomic E-state index is -0.545. The van der Waals surface area contributed by atoms with E-state index in [1.807, 2.05) is 17.9 Å². The molecule has 1 fully saturated rings. The van der Waals surface area contributed by atoms with Gasteiger partial charge in [-0.05, 0) is 26.2 Å². The van der Waals surface area contributed by atoms with E-state index in [9.17, 15) is 15.4 Å². The number of hydrogen-bond acceptors (Lipinski definition) is 6. The molecule has 1 saturated heterocycles. The van der Waals surface area contributed by atoms with Crippen LogP contribution < -0.4 is 10.6 Å². The van der Waals surface area contributed by atoms with Crippen LogP contribution in [0.5, 0.6) is 0 Å². The third-order valence-corrected chi connectivity index (χ3v) is 3.61. The van der Waals surface area contributed by atoms with Crippen LogP contribution in [-0.4, -0.2) is 28.5 Å². The zero-order valence-electron chi connectivity index (χ0n) is 11.3. The normalized spacial score (nSPS) is 20.2. The molecule has 20 heavy (non-hydrogen) atoms. The molecule has 2 heterocycles. The van der Waals surface area contributed by atoms with Crippen molar-refractivity contribution in [3.63, 3.8) is 0 Å². The van der Waals surface area contributed by atoms with Gasteiger partial charge in [-0.3, -0.25) is 10.1 Å². The van der Waals surface area contributed by atoms with Crippen molar-refractivity contribution in [2.24, 2.45) is 5.73 Å². The quantitative estimate of drug-likeness (QED) is 0.662. The van der Waals surface area contributed by atoms with Crippen LogP contribution >= 0.6 is 0 Å². The number of nitriles is 1. The van der Waals surface area contributed by atoms with Gasteiger partial charge in [0.15, 0.2) is 0 Å². The first kappa shape index (κ1) is 14.2. The second-order valence-electron chi connectivity index (χ2n) is 5.05. The van der Waals surface area contributed by atoms with Crippen molar-refractivity contribution in [1.29, 1.82) is 5.26 Å².